The Balaban J connectivity index is 1.27. The predicted octanol–water partition coefficient (Wildman–Crippen LogP) is 6.85. The van der Waals surface area contributed by atoms with Gasteiger partial charge in [0, 0.05) is 68.3 Å². The van der Waals surface area contributed by atoms with Crippen LogP contribution in [-0.2, 0) is 27.5 Å². The molecule has 3 amide bonds. The van der Waals surface area contributed by atoms with Crippen LogP contribution in [0, 0.1) is 3.70 Å². The molecular weight excluding hydrogens is 849 g/mol. The van der Waals surface area contributed by atoms with Gasteiger partial charge in [-0.05, 0) is 103 Å². The molecule has 14 heteroatoms. The Hall–Kier alpha value is -5.90. The zero-order valence-electron chi connectivity index (χ0n) is 33.8. The minimum Gasteiger partial charge on any atom is -0.456 e. The molecule has 0 N–H and O–H groups in total. The number of hydroxylamine groups is 2. The summed E-state index contributed by atoms with van der Waals surface area (Å²) >= 11 is 2.17. The van der Waals surface area contributed by atoms with Crippen molar-refractivity contribution in [1.29, 1.82) is 0 Å². The van der Waals surface area contributed by atoms with Gasteiger partial charge in [0.25, 0.3) is 17.7 Å². The van der Waals surface area contributed by atoms with E-state index in [9.17, 15) is 19.2 Å². The number of hydrogen-bond acceptors (Lipinski definition) is 9. The van der Waals surface area contributed by atoms with E-state index in [2.05, 4.69) is 106 Å². The lowest BCUT2D eigenvalue weighted by atomic mass is 9.93. The van der Waals surface area contributed by atoms with E-state index in [1.807, 2.05) is 24.3 Å². The van der Waals surface area contributed by atoms with Crippen LogP contribution < -0.4 is 14.8 Å². The zero-order chi connectivity index (χ0) is 41.7. The van der Waals surface area contributed by atoms with Crippen LogP contribution in [0.4, 0.5) is 5.69 Å². The average Bonchev–Trinajstić information content (AvgIpc) is 3.56. The Morgan fingerprint density at radius 2 is 1.53 bits per heavy atom. The van der Waals surface area contributed by atoms with Crippen molar-refractivity contribution in [2.24, 2.45) is 0 Å². The zero-order valence-corrected chi connectivity index (χ0v) is 35.9. The maximum absolute atomic E-state index is 14.4. The lowest BCUT2D eigenvalue weighted by molar-refractivity contribution is -0.177. The Bertz CT molecular complexity index is 2520. The summed E-state index contributed by atoms with van der Waals surface area (Å²) in [6.45, 7) is 14.8. The monoisotopic (exact) mass is 896 g/mol. The van der Waals surface area contributed by atoms with E-state index in [1.54, 1.807) is 40.9 Å². The van der Waals surface area contributed by atoms with Gasteiger partial charge < -0.3 is 19.1 Å². The fraction of sp³-hybridized carbons (Fsp3) is 0.295. The van der Waals surface area contributed by atoms with Crippen LogP contribution in [-0.4, -0.2) is 81.9 Å². The normalized spacial score (nSPS) is 11.1. The average molecular weight is 897 g/mol. The van der Waals surface area contributed by atoms with Crippen molar-refractivity contribution in [3.05, 3.63) is 116 Å². The Labute approximate surface area is 350 Å². The largest absolute Gasteiger partial charge is 0.456 e. The first kappa shape index (κ1) is 41.7. The highest BCUT2D eigenvalue weighted by Crippen LogP contribution is 2.39. The summed E-state index contributed by atoms with van der Waals surface area (Å²) in [7, 11) is 1.76. The fourth-order valence-corrected chi connectivity index (χ4v) is 7.52. The number of amides is 3. The van der Waals surface area contributed by atoms with Crippen LogP contribution in [0.1, 0.15) is 73.5 Å². The summed E-state index contributed by atoms with van der Waals surface area (Å²) in [6.07, 6.45) is 0. The molecule has 0 saturated carbocycles. The molecule has 300 valence electrons. The van der Waals surface area contributed by atoms with E-state index in [1.165, 1.54) is 0 Å². The first-order valence-corrected chi connectivity index (χ1v) is 20.3. The summed E-state index contributed by atoms with van der Waals surface area (Å²) in [6, 6.07) is 27.0. The highest BCUT2D eigenvalue weighted by Gasteiger charge is 2.24. The molecule has 3 aromatic carbocycles. The number of nitrogens with zero attached hydrogens (tertiary/aromatic N) is 7. The van der Waals surface area contributed by atoms with Gasteiger partial charge in [-0.2, -0.15) is 0 Å². The number of anilines is 1. The number of hydrogen-bond donors (Lipinski definition) is 0. The minimum absolute atomic E-state index is 0.167. The number of aromatic nitrogens is 3. The third-order valence-corrected chi connectivity index (χ3v) is 11.3. The minimum atomic E-state index is -0.832. The van der Waals surface area contributed by atoms with E-state index in [4.69, 9.17) is 9.25 Å². The van der Waals surface area contributed by atoms with Crippen molar-refractivity contribution in [3.63, 3.8) is 0 Å². The van der Waals surface area contributed by atoms with Crippen molar-refractivity contribution >= 4 is 62.9 Å². The second kappa shape index (κ2) is 18.1. The number of imide groups is 1. The van der Waals surface area contributed by atoms with Gasteiger partial charge in [0.15, 0.2) is 0 Å². The van der Waals surface area contributed by atoms with Gasteiger partial charge in [-0.3, -0.25) is 14.4 Å². The first-order chi connectivity index (χ1) is 27.9. The molecule has 0 fully saturated rings. The molecule has 1 aliphatic carbocycles. The molecule has 2 heterocycles. The van der Waals surface area contributed by atoms with Gasteiger partial charge in [0.2, 0.25) is 5.36 Å². The number of benzene rings is 4. The van der Waals surface area contributed by atoms with Gasteiger partial charge in [-0.15, -0.1) is 10.2 Å². The quantitative estimate of drug-likeness (QED) is 0.0560. The summed E-state index contributed by atoms with van der Waals surface area (Å²) in [5.74, 6) is -1.60. The smallest absolute Gasteiger partial charge is 0.363 e. The molecule has 0 radical (unpaired) electrons. The molecule has 0 bridgehead atoms. The second-order valence-electron chi connectivity index (χ2n) is 13.8. The fourth-order valence-electron chi connectivity index (χ4n) is 6.98. The first-order valence-electron chi connectivity index (χ1n) is 19.3. The van der Waals surface area contributed by atoms with Gasteiger partial charge in [-0.25, -0.2) is 14.1 Å². The van der Waals surface area contributed by atoms with E-state index in [0.717, 1.165) is 93.8 Å². The molecule has 0 unspecified atom stereocenters. The van der Waals surface area contributed by atoms with Gasteiger partial charge in [0.05, 0.1) is 24.7 Å². The summed E-state index contributed by atoms with van der Waals surface area (Å²) in [5.41, 5.74) is 6.61. The van der Waals surface area contributed by atoms with E-state index in [-0.39, 0.29) is 18.0 Å². The van der Waals surface area contributed by atoms with E-state index in [0.29, 0.717) is 22.9 Å². The number of carbonyl (C=O) groups excluding carboxylic acids is 4. The van der Waals surface area contributed by atoms with Crippen LogP contribution in [0.15, 0.2) is 89.3 Å². The number of halogens is 1. The lowest BCUT2D eigenvalue weighted by Crippen LogP contribution is -2.35. The number of rotatable bonds is 12. The van der Waals surface area contributed by atoms with Crippen LogP contribution in [0.2, 0.25) is 0 Å². The molecule has 13 nitrogen and oxygen atoms in total. The molecule has 0 atom stereocenters. The summed E-state index contributed by atoms with van der Waals surface area (Å²) < 4.78 is 11.4. The van der Waals surface area contributed by atoms with Gasteiger partial charge in [0.1, 0.15) is 33.8 Å². The molecule has 1 aliphatic heterocycles. The maximum atomic E-state index is 14.4. The molecule has 2 aliphatic rings. The van der Waals surface area contributed by atoms with E-state index < -0.39 is 17.8 Å². The highest BCUT2D eigenvalue weighted by atomic mass is 127. The lowest BCUT2D eigenvalue weighted by Gasteiger charge is -2.24. The summed E-state index contributed by atoms with van der Waals surface area (Å²) in [5, 5.41) is 11.2. The SMILES string of the molecule is CCN(CC)c1cc(-c2ccccc2C(=O)N(C)Cc2nnn(Cc3ccc(C(=O)ON(C(C)=O)C(C)=O)cc3)c2I)c2cc3ccc(=[N+](CC)CC)cc-3oc2c1. The molecule has 0 saturated heterocycles. The van der Waals surface area contributed by atoms with Crippen LogP contribution in [0.25, 0.3) is 33.4 Å². The molecule has 6 rings (SSSR count). The van der Waals surface area contributed by atoms with Crippen molar-refractivity contribution < 1.29 is 28.4 Å². The van der Waals surface area contributed by atoms with Crippen molar-refractivity contribution in [2.75, 3.05) is 38.1 Å². The molecular formula is C44H47IN7O6+. The molecule has 4 aromatic rings. The number of carbonyl (C=O) groups is 4. The molecule has 1 aromatic heterocycles. The summed E-state index contributed by atoms with van der Waals surface area (Å²) in [4.78, 5) is 59.1. The third-order valence-electron chi connectivity index (χ3n) is 10.1. The van der Waals surface area contributed by atoms with Crippen molar-refractivity contribution in [1.82, 2.24) is 29.5 Å². The van der Waals surface area contributed by atoms with Crippen LogP contribution in [0.3, 0.4) is 0 Å². The molecule has 58 heavy (non-hydrogen) atoms. The third kappa shape index (κ3) is 8.81. The Morgan fingerprint density at radius 3 is 2.19 bits per heavy atom. The Kier molecular flexibility index (Phi) is 13.0. The van der Waals surface area contributed by atoms with Crippen molar-refractivity contribution in [2.45, 2.75) is 54.6 Å². The predicted molar refractivity (Wildman–Crippen MR) is 231 cm³/mol. The van der Waals surface area contributed by atoms with Crippen molar-refractivity contribution in [3.8, 4) is 22.5 Å². The standard InChI is InChI=1S/C44H47IN7O6/c1-8-49(9-2)33-21-20-32-22-38-37(23-34(50(10-3)11-4)25-41(38)57-40(32)24-33)35-14-12-13-15-36(35)43(55)48(7)27-39-42(45)51(47-46-39)26-30-16-18-31(19-17-30)44(56)58-52(28(5)53)29(6)54/h12-25H,8-11,26-27H2,1-7H3/q+1. The van der Waals surface area contributed by atoms with Crippen LogP contribution >= 0.6 is 22.6 Å². The topological polar surface area (TPSA) is 134 Å². The molecule has 0 spiro atoms. The van der Waals surface area contributed by atoms with E-state index >= 15 is 0 Å². The van der Waals surface area contributed by atoms with Gasteiger partial charge in [-0.1, -0.05) is 35.5 Å². The van der Waals surface area contributed by atoms with Gasteiger partial charge >= 0.3 is 5.97 Å². The number of fused-ring (bicyclic) bond motifs is 2. The maximum Gasteiger partial charge on any atom is 0.363 e. The Morgan fingerprint density at radius 1 is 0.845 bits per heavy atom. The highest BCUT2D eigenvalue weighted by molar-refractivity contribution is 14.1. The second-order valence-corrected chi connectivity index (χ2v) is 14.8. The van der Waals surface area contributed by atoms with Crippen LogP contribution in [0.5, 0.6) is 0 Å².